The number of anilines is 1. The first kappa shape index (κ1) is 22.3. The lowest BCUT2D eigenvalue weighted by atomic mass is 10.0. The van der Waals surface area contributed by atoms with Crippen molar-refractivity contribution in [3.8, 4) is 5.75 Å². The van der Waals surface area contributed by atoms with E-state index in [1.54, 1.807) is 29.2 Å². The maximum absolute atomic E-state index is 12.7. The molecule has 0 saturated heterocycles. The fourth-order valence-electron chi connectivity index (χ4n) is 3.44. The number of fused-ring (bicyclic) bond motifs is 1. The molecule has 0 spiro atoms. The fourth-order valence-corrected chi connectivity index (χ4v) is 4.73. The van der Waals surface area contributed by atoms with Gasteiger partial charge in [-0.25, -0.2) is 0 Å². The van der Waals surface area contributed by atoms with Crippen LogP contribution < -0.4 is 10.1 Å². The summed E-state index contributed by atoms with van der Waals surface area (Å²) in [6, 6.07) is 6.86. The van der Waals surface area contributed by atoms with Gasteiger partial charge in [0.15, 0.2) is 6.29 Å². The summed E-state index contributed by atoms with van der Waals surface area (Å²) >= 11 is 1.29. The van der Waals surface area contributed by atoms with Crippen LogP contribution in [0.1, 0.15) is 65.8 Å². The van der Waals surface area contributed by atoms with E-state index in [0.29, 0.717) is 54.4 Å². The van der Waals surface area contributed by atoms with Crippen LogP contribution in [0.2, 0.25) is 0 Å². The molecular weight excluding hydrogens is 404 g/mol. The Morgan fingerprint density at radius 2 is 1.97 bits per heavy atom. The van der Waals surface area contributed by atoms with Crippen LogP contribution in [0.15, 0.2) is 24.3 Å². The molecule has 2 heterocycles. The van der Waals surface area contributed by atoms with Crippen LogP contribution in [-0.4, -0.2) is 40.1 Å². The van der Waals surface area contributed by atoms with E-state index in [-0.39, 0.29) is 11.8 Å². The van der Waals surface area contributed by atoms with Crippen molar-refractivity contribution in [3.63, 3.8) is 0 Å². The smallest absolute Gasteiger partial charge is 0.256 e. The van der Waals surface area contributed by atoms with Gasteiger partial charge in [0, 0.05) is 29.0 Å². The first-order chi connectivity index (χ1) is 14.4. The summed E-state index contributed by atoms with van der Waals surface area (Å²) in [5.74, 6) is 0.433. The number of carbonyl (C=O) groups excluding carboxylic acids is 2. The lowest BCUT2D eigenvalue weighted by Gasteiger charge is -2.27. The third-order valence-corrected chi connectivity index (χ3v) is 6.27. The molecule has 0 fully saturated rings. The number of aliphatic hydroxyl groups excluding tert-OH is 1. The summed E-state index contributed by atoms with van der Waals surface area (Å²) in [7, 11) is 0. The third kappa shape index (κ3) is 5.00. The van der Waals surface area contributed by atoms with Crippen molar-refractivity contribution in [1.82, 2.24) is 4.90 Å². The number of unbranched alkanes of at least 4 members (excludes halogenated alkanes) is 1. The van der Waals surface area contributed by atoms with Crippen LogP contribution in [-0.2, 0) is 17.8 Å². The number of carbonyl (C=O) groups is 2. The minimum Gasteiger partial charge on any atom is -0.494 e. The molecule has 8 heteroatoms. The number of hydrogen-bond acceptors (Lipinski definition) is 6. The molecule has 1 aliphatic heterocycles. The molecule has 7 nitrogen and oxygen atoms in total. The Balaban J connectivity index is 1.75. The summed E-state index contributed by atoms with van der Waals surface area (Å²) in [5, 5.41) is 23.0. The monoisotopic (exact) mass is 432 g/mol. The number of benzene rings is 1. The van der Waals surface area contributed by atoms with Gasteiger partial charge in [-0.1, -0.05) is 20.3 Å². The van der Waals surface area contributed by atoms with Crippen LogP contribution in [0, 0.1) is 0 Å². The van der Waals surface area contributed by atoms with Gasteiger partial charge in [-0.15, -0.1) is 11.3 Å². The zero-order chi connectivity index (χ0) is 21.7. The number of thiophene rings is 1. The van der Waals surface area contributed by atoms with Crippen molar-refractivity contribution in [1.29, 1.82) is 0 Å². The number of rotatable bonds is 8. The Hall–Kier alpha value is -2.42. The maximum Gasteiger partial charge on any atom is 0.256 e. The van der Waals surface area contributed by atoms with Crippen LogP contribution in [0.5, 0.6) is 5.75 Å². The van der Waals surface area contributed by atoms with Crippen molar-refractivity contribution < 1.29 is 24.5 Å². The second-order valence-electron chi connectivity index (χ2n) is 7.22. The van der Waals surface area contributed by atoms with Gasteiger partial charge in [-0.3, -0.25) is 9.59 Å². The molecule has 2 amide bonds. The Morgan fingerprint density at radius 3 is 2.60 bits per heavy atom. The molecule has 30 heavy (non-hydrogen) atoms. The highest BCUT2D eigenvalue weighted by molar-refractivity contribution is 7.16. The van der Waals surface area contributed by atoms with E-state index in [0.717, 1.165) is 23.3 Å². The molecule has 0 bridgehead atoms. The van der Waals surface area contributed by atoms with Crippen LogP contribution >= 0.6 is 11.3 Å². The number of nitrogens with zero attached hydrogens (tertiary/aromatic N) is 1. The highest BCUT2D eigenvalue weighted by Crippen LogP contribution is 2.40. The van der Waals surface area contributed by atoms with Crippen LogP contribution in [0.25, 0.3) is 0 Å². The number of ether oxygens (including phenoxy) is 1. The van der Waals surface area contributed by atoms with Gasteiger partial charge in [0.1, 0.15) is 10.8 Å². The minimum absolute atomic E-state index is 0.0620. The van der Waals surface area contributed by atoms with Gasteiger partial charge in [0.05, 0.1) is 13.2 Å². The summed E-state index contributed by atoms with van der Waals surface area (Å²) in [6.45, 7) is 5.50. The molecule has 3 rings (SSSR count). The second kappa shape index (κ2) is 10.1. The Morgan fingerprint density at radius 1 is 1.23 bits per heavy atom. The normalized spacial score (nSPS) is 13.3. The van der Waals surface area contributed by atoms with E-state index < -0.39 is 6.29 Å². The molecule has 1 aromatic heterocycles. The van der Waals surface area contributed by atoms with Crippen molar-refractivity contribution in [2.45, 2.75) is 52.4 Å². The number of hydrogen-bond donors (Lipinski definition) is 3. The van der Waals surface area contributed by atoms with E-state index in [1.807, 2.05) is 6.92 Å². The average Bonchev–Trinajstić information content (AvgIpc) is 3.10. The van der Waals surface area contributed by atoms with Crippen molar-refractivity contribution in [3.05, 3.63) is 45.8 Å². The summed E-state index contributed by atoms with van der Waals surface area (Å²) in [4.78, 5) is 27.4. The molecular formula is C22H28N2O5S. The predicted octanol–water partition coefficient (Wildman–Crippen LogP) is 3.46. The Labute approximate surface area is 180 Å². The SMILES string of the molecule is CCCCOc1ccc(C(=O)Nc2sc3c(c2C(O)O)CCN(C(=O)CC)C3)cc1. The molecule has 3 N–H and O–H groups in total. The van der Waals surface area contributed by atoms with Gasteiger partial charge >= 0.3 is 0 Å². The molecule has 0 saturated carbocycles. The second-order valence-corrected chi connectivity index (χ2v) is 8.32. The van der Waals surface area contributed by atoms with E-state index in [9.17, 15) is 19.8 Å². The van der Waals surface area contributed by atoms with E-state index in [4.69, 9.17) is 4.74 Å². The summed E-state index contributed by atoms with van der Waals surface area (Å²) in [6.07, 6.45) is 1.29. The van der Waals surface area contributed by atoms with Gasteiger partial charge < -0.3 is 25.2 Å². The Bertz CT molecular complexity index is 892. The zero-order valence-corrected chi connectivity index (χ0v) is 18.1. The maximum atomic E-state index is 12.7. The molecule has 0 aliphatic carbocycles. The molecule has 1 aromatic carbocycles. The van der Waals surface area contributed by atoms with Gasteiger partial charge in [-0.2, -0.15) is 0 Å². The predicted molar refractivity (Wildman–Crippen MR) is 116 cm³/mol. The van der Waals surface area contributed by atoms with Crippen LogP contribution in [0.3, 0.4) is 0 Å². The number of amides is 2. The molecule has 162 valence electrons. The molecule has 1 aliphatic rings. The highest BCUT2D eigenvalue weighted by atomic mass is 32.1. The molecule has 2 aromatic rings. The number of aliphatic hydroxyl groups is 2. The van der Waals surface area contributed by atoms with Crippen molar-refractivity contribution in [2.75, 3.05) is 18.5 Å². The fraction of sp³-hybridized carbons (Fsp3) is 0.455. The quantitative estimate of drug-likeness (QED) is 0.438. The lowest BCUT2D eigenvalue weighted by Crippen LogP contribution is -2.35. The lowest BCUT2D eigenvalue weighted by molar-refractivity contribution is -0.131. The average molecular weight is 433 g/mol. The largest absolute Gasteiger partial charge is 0.494 e. The molecule has 0 atom stereocenters. The van der Waals surface area contributed by atoms with Crippen LogP contribution in [0.4, 0.5) is 5.00 Å². The topological polar surface area (TPSA) is 99.1 Å². The van der Waals surface area contributed by atoms with Crippen molar-refractivity contribution in [2.24, 2.45) is 0 Å². The molecule has 0 unspecified atom stereocenters. The van der Waals surface area contributed by atoms with Gasteiger partial charge in [0.25, 0.3) is 5.91 Å². The zero-order valence-electron chi connectivity index (χ0n) is 17.3. The van der Waals surface area contributed by atoms with E-state index in [1.165, 1.54) is 11.3 Å². The molecule has 0 radical (unpaired) electrons. The Kier molecular flexibility index (Phi) is 7.47. The van der Waals surface area contributed by atoms with Crippen molar-refractivity contribution >= 4 is 28.2 Å². The minimum atomic E-state index is -1.69. The standard InChI is InChI=1S/C22H28N2O5S/c1-3-5-12-29-15-8-6-14(7-9-15)20(26)23-21-19(22(27)28)16-10-11-24(18(25)4-2)13-17(16)30-21/h6-9,22,27-28H,3-5,10-13H2,1-2H3,(H,23,26). The first-order valence-electron chi connectivity index (χ1n) is 10.3. The van der Waals surface area contributed by atoms with Gasteiger partial charge in [-0.05, 0) is 42.7 Å². The third-order valence-electron chi connectivity index (χ3n) is 5.12. The van der Waals surface area contributed by atoms with E-state index >= 15 is 0 Å². The van der Waals surface area contributed by atoms with E-state index in [2.05, 4.69) is 12.2 Å². The first-order valence-corrected chi connectivity index (χ1v) is 11.1. The van der Waals surface area contributed by atoms with Gasteiger partial charge in [0.2, 0.25) is 5.91 Å². The summed E-state index contributed by atoms with van der Waals surface area (Å²) < 4.78 is 5.62. The number of nitrogens with one attached hydrogen (secondary N) is 1. The highest BCUT2D eigenvalue weighted by Gasteiger charge is 2.29. The summed E-state index contributed by atoms with van der Waals surface area (Å²) in [5.41, 5.74) is 1.59.